The lowest BCUT2D eigenvalue weighted by molar-refractivity contribution is 0.593. The quantitative estimate of drug-likeness (QED) is 0.808. The number of rotatable bonds is 4. The molecule has 21 heavy (non-hydrogen) atoms. The van der Waals surface area contributed by atoms with Gasteiger partial charge in [-0.15, -0.1) is 0 Å². The number of primary sulfonamides is 1. The molecular formula is C13H14N2O4S2. The van der Waals surface area contributed by atoms with Gasteiger partial charge in [0.15, 0.2) is 9.84 Å². The summed E-state index contributed by atoms with van der Waals surface area (Å²) in [6.45, 7) is 0. The van der Waals surface area contributed by atoms with E-state index in [1.165, 1.54) is 36.4 Å². The van der Waals surface area contributed by atoms with Crippen LogP contribution in [0.15, 0.2) is 58.3 Å². The lowest BCUT2D eigenvalue weighted by Crippen LogP contribution is -2.16. The van der Waals surface area contributed by atoms with Crippen LogP contribution in [0.5, 0.6) is 0 Å². The average Bonchev–Trinajstić information content (AvgIpc) is 2.37. The summed E-state index contributed by atoms with van der Waals surface area (Å²) in [7, 11) is -7.70. The van der Waals surface area contributed by atoms with Gasteiger partial charge in [0.1, 0.15) is 0 Å². The summed E-state index contributed by atoms with van der Waals surface area (Å²) in [5.74, 6) is -0.469. The Balaban J connectivity index is 2.48. The molecule has 0 aliphatic heterocycles. The van der Waals surface area contributed by atoms with E-state index in [2.05, 4.69) is 0 Å². The highest BCUT2D eigenvalue weighted by Gasteiger charge is 2.21. The van der Waals surface area contributed by atoms with Crippen LogP contribution in [0.25, 0.3) is 0 Å². The first-order valence-corrected chi connectivity index (χ1v) is 9.09. The zero-order valence-corrected chi connectivity index (χ0v) is 12.6. The topological polar surface area (TPSA) is 120 Å². The van der Waals surface area contributed by atoms with Crippen molar-refractivity contribution >= 4 is 25.5 Å². The van der Waals surface area contributed by atoms with Crippen molar-refractivity contribution in [3.05, 3.63) is 54.1 Å². The molecule has 0 saturated heterocycles. The molecule has 0 amide bonds. The van der Waals surface area contributed by atoms with Crippen LogP contribution in [0.1, 0.15) is 5.56 Å². The van der Waals surface area contributed by atoms with Crippen LogP contribution in [-0.4, -0.2) is 16.8 Å². The van der Waals surface area contributed by atoms with E-state index in [-0.39, 0.29) is 15.4 Å². The van der Waals surface area contributed by atoms with Crippen LogP contribution in [0.4, 0.5) is 5.69 Å². The number of nitrogens with two attached hydrogens (primary N) is 2. The van der Waals surface area contributed by atoms with Gasteiger partial charge < -0.3 is 5.73 Å². The van der Waals surface area contributed by atoms with E-state index >= 15 is 0 Å². The summed E-state index contributed by atoms with van der Waals surface area (Å²) in [6.07, 6.45) is 0. The summed E-state index contributed by atoms with van der Waals surface area (Å²) in [5, 5.41) is 5.10. The Labute approximate surface area is 123 Å². The molecule has 112 valence electrons. The van der Waals surface area contributed by atoms with Gasteiger partial charge in [0, 0.05) is 5.69 Å². The third kappa shape index (κ3) is 3.60. The predicted octanol–water partition coefficient (Wildman–Crippen LogP) is 0.890. The summed E-state index contributed by atoms with van der Waals surface area (Å²) >= 11 is 0. The smallest absolute Gasteiger partial charge is 0.238 e. The van der Waals surface area contributed by atoms with Gasteiger partial charge in [0.2, 0.25) is 10.0 Å². The van der Waals surface area contributed by atoms with E-state index in [1.54, 1.807) is 12.1 Å². The zero-order valence-electron chi connectivity index (χ0n) is 10.9. The number of nitrogen functional groups attached to an aromatic ring is 1. The third-order valence-electron chi connectivity index (χ3n) is 2.84. The van der Waals surface area contributed by atoms with Gasteiger partial charge in [-0.3, -0.25) is 0 Å². The highest BCUT2D eigenvalue weighted by molar-refractivity contribution is 7.91. The number of anilines is 1. The molecule has 8 heteroatoms. The van der Waals surface area contributed by atoms with Crippen LogP contribution in [0, 0.1) is 0 Å². The summed E-state index contributed by atoms with van der Waals surface area (Å²) < 4.78 is 47.7. The molecular weight excluding hydrogens is 312 g/mol. The van der Waals surface area contributed by atoms with Crippen molar-refractivity contribution in [2.75, 3.05) is 5.73 Å². The van der Waals surface area contributed by atoms with Crippen LogP contribution in [-0.2, 0) is 25.6 Å². The molecule has 0 fully saturated rings. The van der Waals surface area contributed by atoms with Crippen molar-refractivity contribution in [2.24, 2.45) is 5.14 Å². The Morgan fingerprint density at radius 2 is 1.57 bits per heavy atom. The van der Waals surface area contributed by atoms with E-state index in [0.717, 1.165) is 0 Å². The Morgan fingerprint density at radius 1 is 0.905 bits per heavy atom. The van der Waals surface area contributed by atoms with Gasteiger partial charge in [0.25, 0.3) is 0 Å². The Kier molecular flexibility index (Phi) is 4.04. The van der Waals surface area contributed by atoms with E-state index in [1.807, 2.05) is 0 Å². The normalized spacial score (nSPS) is 12.2. The minimum atomic E-state index is -3.99. The highest BCUT2D eigenvalue weighted by Crippen LogP contribution is 2.22. The maximum atomic E-state index is 12.3. The van der Waals surface area contributed by atoms with Crippen LogP contribution in [0.3, 0.4) is 0 Å². The highest BCUT2D eigenvalue weighted by atomic mass is 32.2. The number of hydrogen-bond donors (Lipinski definition) is 2. The number of benzene rings is 2. The van der Waals surface area contributed by atoms with Crippen molar-refractivity contribution in [3.8, 4) is 0 Å². The number of hydrogen-bond acceptors (Lipinski definition) is 5. The van der Waals surface area contributed by atoms with Gasteiger partial charge in [-0.05, 0) is 29.8 Å². The molecule has 0 aliphatic rings. The van der Waals surface area contributed by atoms with E-state index in [4.69, 9.17) is 10.9 Å². The first-order valence-electron chi connectivity index (χ1n) is 5.89. The summed E-state index contributed by atoms with van der Waals surface area (Å²) in [5.41, 5.74) is 6.01. The van der Waals surface area contributed by atoms with Crippen LogP contribution >= 0.6 is 0 Å². The largest absolute Gasteiger partial charge is 0.399 e. The number of sulfonamides is 1. The lowest BCUT2D eigenvalue weighted by Gasteiger charge is -2.09. The fraction of sp³-hybridized carbons (Fsp3) is 0.0769. The molecule has 0 heterocycles. The first kappa shape index (κ1) is 15.5. The third-order valence-corrected chi connectivity index (χ3v) is 5.52. The molecule has 0 bridgehead atoms. The van der Waals surface area contributed by atoms with Crippen molar-refractivity contribution in [1.82, 2.24) is 0 Å². The molecule has 0 radical (unpaired) electrons. The Morgan fingerprint density at radius 3 is 2.19 bits per heavy atom. The predicted molar refractivity (Wildman–Crippen MR) is 79.6 cm³/mol. The molecule has 2 aromatic carbocycles. The number of sulfone groups is 1. The molecule has 2 rings (SSSR count). The van der Waals surface area contributed by atoms with Crippen molar-refractivity contribution in [1.29, 1.82) is 0 Å². The second kappa shape index (κ2) is 5.47. The van der Waals surface area contributed by atoms with Crippen molar-refractivity contribution in [3.63, 3.8) is 0 Å². The van der Waals surface area contributed by atoms with Gasteiger partial charge in [-0.2, -0.15) is 0 Å². The first-order chi connectivity index (χ1) is 9.70. The lowest BCUT2D eigenvalue weighted by atomic mass is 10.2. The molecule has 0 aliphatic carbocycles. The molecule has 2 aromatic rings. The second-order valence-corrected chi connectivity index (χ2v) is 8.00. The van der Waals surface area contributed by atoms with Gasteiger partial charge in [-0.25, -0.2) is 22.0 Å². The van der Waals surface area contributed by atoms with Gasteiger partial charge >= 0.3 is 0 Å². The maximum Gasteiger partial charge on any atom is 0.238 e. The van der Waals surface area contributed by atoms with E-state index in [0.29, 0.717) is 5.69 Å². The van der Waals surface area contributed by atoms with Crippen LogP contribution < -0.4 is 10.9 Å². The minimum Gasteiger partial charge on any atom is -0.399 e. The molecule has 6 nitrogen and oxygen atoms in total. The standard InChI is InChI=1S/C13H14N2O4S2/c14-11-5-3-6-12(8-11)20(16,17)9-10-4-1-2-7-13(10)21(15,18)19/h1-8H,9,14H2,(H2,15,18,19). The Hall–Kier alpha value is -1.90. The monoisotopic (exact) mass is 326 g/mol. The molecule has 0 unspecified atom stereocenters. The summed E-state index contributed by atoms with van der Waals surface area (Å²) in [6, 6.07) is 11.6. The fourth-order valence-corrected chi connectivity index (χ4v) is 4.19. The van der Waals surface area contributed by atoms with Crippen molar-refractivity contribution in [2.45, 2.75) is 15.5 Å². The summed E-state index contributed by atoms with van der Waals surface area (Å²) in [4.78, 5) is -0.163. The Bertz CT molecular complexity index is 875. The maximum absolute atomic E-state index is 12.3. The van der Waals surface area contributed by atoms with Crippen LogP contribution in [0.2, 0.25) is 0 Å². The fourth-order valence-electron chi connectivity index (χ4n) is 1.90. The minimum absolute atomic E-state index is 0.0340. The second-order valence-electron chi connectivity index (χ2n) is 4.48. The molecule has 0 spiro atoms. The molecule has 0 aromatic heterocycles. The molecule has 4 N–H and O–H groups in total. The zero-order chi connectivity index (χ0) is 15.7. The molecule has 0 atom stereocenters. The van der Waals surface area contributed by atoms with E-state index in [9.17, 15) is 16.8 Å². The van der Waals surface area contributed by atoms with Gasteiger partial charge in [-0.1, -0.05) is 24.3 Å². The van der Waals surface area contributed by atoms with Gasteiger partial charge in [0.05, 0.1) is 15.5 Å². The van der Waals surface area contributed by atoms with Crippen molar-refractivity contribution < 1.29 is 16.8 Å². The molecule has 0 saturated carbocycles. The van der Waals surface area contributed by atoms with E-state index < -0.39 is 25.6 Å². The average molecular weight is 326 g/mol. The SMILES string of the molecule is Nc1cccc(S(=O)(=O)Cc2ccccc2S(N)(=O)=O)c1.